The highest BCUT2D eigenvalue weighted by Gasteiger charge is 2.02. The zero-order chi connectivity index (χ0) is 13.5. The molecule has 0 aliphatic rings. The number of hydrogen-bond acceptors (Lipinski definition) is 1. The molecule has 0 amide bonds. The van der Waals surface area contributed by atoms with Gasteiger partial charge in [-0.3, -0.25) is 0 Å². The van der Waals surface area contributed by atoms with E-state index in [2.05, 4.69) is 82.5 Å². The summed E-state index contributed by atoms with van der Waals surface area (Å²) < 4.78 is 1.22. The molecule has 0 saturated heterocycles. The van der Waals surface area contributed by atoms with Gasteiger partial charge in [-0.25, -0.2) is 0 Å². The lowest BCUT2D eigenvalue weighted by atomic mass is 10.1. The zero-order valence-electron chi connectivity index (χ0n) is 11.3. The first-order valence-corrected chi connectivity index (χ1v) is 7.51. The number of aryl methyl sites for hydroxylation is 1. The topological polar surface area (TPSA) is 3.24 Å². The molecule has 0 heterocycles. The first-order valence-electron chi connectivity index (χ1n) is 6.71. The Morgan fingerprint density at radius 3 is 2.37 bits per heavy atom. The lowest BCUT2D eigenvalue weighted by Crippen LogP contribution is -2.19. The van der Waals surface area contributed by atoms with Crippen molar-refractivity contribution in [2.24, 2.45) is 0 Å². The zero-order valence-corrected chi connectivity index (χ0v) is 12.9. The summed E-state index contributed by atoms with van der Waals surface area (Å²) in [5.41, 5.74) is 2.78. The molecule has 19 heavy (non-hydrogen) atoms. The minimum absolute atomic E-state index is 1.02. The van der Waals surface area contributed by atoms with Gasteiger partial charge in [0.1, 0.15) is 0 Å². The monoisotopic (exact) mass is 317 g/mol. The van der Waals surface area contributed by atoms with Crippen LogP contribution in [0.1, 0.15) is 17.5 Å². The lowest BCUT2D eigenvalue weighted by molar-refractivity contribution is 0.322. The van der Waals surface area contributed by atoms with Gasteiger partial charge in [-0.2, -0.15) is 0 Å². The van der Waals surface area contributed by atoms with E-state index in [4.69, 9.17) is 0 Å². The number of hydrogen-bond donors (Lipinski definition) is 0. The van der Waals surface area contributed by atoms with Crippen molar-refractivity contribution in [3.8, 4) is 0 Å². The Morgan fingerprint density at radius 1 is 0.947 bits per heavy atom. The summed E-state index contributed by atoms with van der Waals surface area (Å²) >= 11 is 3.60. The first kappa shape index (κ1) is 14.3. The fraction of sp³-hybridized carbons (Fsp3) is 0.294. The third-order valence-electron chi connectivity index (χ3n) is 3.24. The molecule has 0 N–H and O–H groups in total. The second-order valence-corrected chi connectivity index (χ2v) is 5.77. The van der Waals surface area contributed by atoms with E-state index in [-0.39, 0.29) is 0 Å². The third-order valence-corrected chi connectivity index (χ3v) is 4.01. The minimum Gasteiger partial charge on any atom is -0.302 e. The Kier molecular flexibility index (Phi) is 5.62. The van der Waals surface area contributed by atoms with E-state index < -0.39 is 0 Å². The molecule has 0 atom stereocenters. The van der Waals surface area contributed by atoms with Gasteiger partial charge in [0.25, 0.3) is 0 Å². The molecule has 2 rings (SSSR count). The van der Waals surface area contributed by atoms with Gasteiger partial charge in [0.2, 0.25) is 0 Å². The van der Waals surface area contributed by atoms with Crippen molar-refractivity contribution in [3.63, 3.8) is 0 Å². The molecule has 0 aliphatic carbocycles. The van der Waals surface area contributed by atoms with Gasteiger partial charge in [0.15, 0.2) is 0 Å². The summed E-state index contributed by atoms with van der Waals surface area (Å²) in [5.74, 6) is 0. The standard InChI is InChI=1S/C17H20BrN/c1-19(14-15-8-3-2-4-9-15)13-7-11-16-10-5-6-12-17(16)18/h2-6,8-10,12H,7,11,13-14H2,1H3. The molecule has 0 bridgehead atoms. The molecule has 100 valence electrons. The van der Waals surface area contributed by atoms with Crippen LogP contribution in [0.3, 0.4) is 0 Å². The Hall–Kier alpha value is -1.12. The maximum Gasteiger partial charge on any atom is 0.0230 e. The average molecular weight is 318 g/mol. The largest absolute Gasteiger partial charge is 0.302 e. The summed E-state index contributed by atoms with van der Waals surface area (Å²) in [5, 5.41) is 0. The van der Waals surface area contributed by atoms with Gasteiger partial charge in [0.05, 0.1) is 0 Å². The molecule has 0 radical (unpaired) electrons. The molecule has 0 aromatic heterocycles. The molecule has 2 aromatic rings. The minimum atomic E-state index is 1.02. The van der Waals surface area contributed by atoms with Gasteiger partial charge in [0, 0.05) is 11.0 Å². The molecule has 1 nitrogen and oxygen atoms in total. The van der Waals surface area contributed by atoms with Crippen molar-refractivity contribution in [2.45, 2.75) is 19.4 Å². The fourth-order valence-electron chi connectivity index (χ4n) is 2.21. The molecule has 0 unspecified atom stereocenters. The maximum atomic E-state index is 3.60. The van der Waals surface area contributed by atoms with E-state index >= 15 is 0 Å². The van der Waals surface area contributed by atoms with Crippen molar-refractivity contribution in [1.29, 1.82) is 0 Å². The van der Waals surface area contributed by atoms with E-state index in [0.29, 0.717) is 0 Å². The first-order chi connectivity index (χ1) is 9.25. The average Bonchev–Trinajstić information content (AvgIpc) is 2.42. The molecule has 2 heteroatoms. The van der Waals surface area contributed by atoms with Gasteiger partial charge in [-0.15, -0.1) is 0 Å². The van der Waals surface area contributed by atoms with E-state index in [1.165, 1.54) is 22.0 Å². The molecule has 0 saturated carbocycles. The van der Waals surface area contributed by atoms with Gasteiger partial charge < -0.3 is 4.90 Å². The van der Waals surface area contributed by atoms with E-state index in [0.717, 1.165) is 19.5 Å². The van der Waals surface area contributed by atoms with Gasteiger partial charge in [-0.05, 0) is 43.6 Å². The van der Waals surface area contributed by atoms with Crippen LogP contribution in [0.4, 0.5) is 0 Å². The lowest BCUT2D eigenvalue weighted by Gasteiger charge is -2.16. The summed E-state index contributed by atoms with van der Waals surface area (Å²) in [6.07, 6.45) is 2.31. The maximum absolute atomic E-state index is 3.60. The second kappa shape index (κ2) is 7.46. The SMILES string of the molecule is CN(CCCc1ccccc1Br)Cc1ccccc1. The van der Waals surface area contributed by atoms with Crippen LogP contribution in [0.5, 0.6) is 0 Å². The van der Waals surface area contributed by atoms with Crippen molar-refractivity contribution >= 4 is 15.9 Å². The highest BCUT2D eigenvalue weighted by atomic mass is 79.9. The molecule has 0 fully saturated rings. The van der Waals surface area contributed by atoms with Crippen molar-refractivity contribution in [1.82, 2.24) is 4.90 Å². The Balaban J connectivity index is 1.75. The molecular formula is C17H20BrN. The number of nitrogens with zero attached hydrogens (tertiary/aromatic N) is 1. The van der Waals surface area contributed by atoms with E-state index in [1.54, 1.807) is 0 Å². The summed E-state index contributed by atoms with van der Waals surface area (Å²) in [7, 11) is 2.19. The number of rotatable bonds is 6. The van der Waals surface area contributed by atoms with Crippen molar-refractivity contribution in [2.75, 3.05) is 13.6 Å². The molecule has 0 spiro atoms. The Bertz CT molecular complexity index is 496. The number of benzene rings is 2. The fourth-order valence-corrected chi connectivity index (χ4v) is 2.70. The molecular weight excluding hydrogens is 298 g/mol. The van der Waals surface area contributed by atoms with Gasteiger partial charge in [-0.1, -0.05) is 64.5 Å². The molecule has 2 aromatic carbocycles. The van der Waals surface area contributed by atoms with Crippen LogP contribution >= 0.6 is 15.9 Å². The summed E-state index contributed by atoms with van der Waals surface area (Å²) in [4.78, 5) is 2.38. The smallest absolute Gasteiger partial charge is 0.0230 e. The van der Waals surface area contributed by atoms with Crippen LogP contribution in [0.25, 0.3) is 0 Å². The summed E-state index contributed by atoms with van der Waals surface area (Å²) in [6.45, 7) is 2.15. The predicted molar refractivity (Wildman–Crippen MR) is 85.2 cm³/mol. The normalized spacial score (nSPS) is 10.9. The quantitative estimate of drug-likeness (QED) is 0.757. The highest BCUT2D eigenvalue weighted by molar-refractivity contribution is 9.10. The van der Waals surface area contributed by atoms with Gasteiger partial charge >= 0.3 is 0 Å². The van der Waals surface area contributed by atoms with E-state index in [9.17, 15) is 0 Å². The number of halogens is 1. The predicted octanol–water partition coefficient (Wildman–Crippen LogP) is 4.51. The Morgan fingerprint density at radius 2 is 1.63 bits per heavy atom. The van der Waals surface area contributed by atoms with Crippen LogP contribution in [0.2, 0.25) is 0 Å². The third kappa shape index (κ3) is 4.81. The highest BCUT2D eigenvalue weighted by Crippen LogP contribution is 2.17. The van der Waals surface area contributed by atoms with E-state index in [1.807, 2.05) is 0 Å². The van der Waals surface area contributed by atoms with Crippen LogP contribution in [0.15, 0.2) is 59.1 Å². The summed E-state index contributed by atoms with van der Waals surface area (Å²) in [6, 6.07) is 19.1. The van der Waals surface area contributed by atoms with Crippen LogP contribution in [0, 0.1) is 0 Å². The van der Waals surface area contributed by atoms with Crippen LogP contribution in [-0.2, 0) is 13.0 Å². The van der Waals surface area contributed by atoms with Crippen molar-refractivity contribution in [3.05, 3.63) is 70.2 Å². The van der Waals surface area contributed by atoms with Crippen LogP contribution in [-0.4, -0.2) is 18.5 Å². The van der Waals surface area contributed by atoms with Crippen LogP contribution < -0.4 is 0 Å². The Labute approximate surface area is 124 Å². The molecule has 0 aliphatic heterocycles. The second-order valence-electron chi connectivity index (χ2n) is 4.92. The van der Waals surface area contributed by atoms with Crippen molar-refractivity contribution < 1.29 is 0 Å².